The Morgan fingerprint density at radius 2 is 1.79 bits per heavy atom. The van der Waals surface area contributed by atoms with Crippen molar-refractivity contribution >= 4 is 35.0 Å². The molecular formula is C30H51NOS2. The fourth-order valence-corrected chi connectivity index (χ4v) is 6.62. The molecule has 0 unspecified atom stereocenters. The SMILES string of the molecule is CC(=O)C[C@H](C)C(C)(C)S[C@H](C)[C@@H](C)[C@@H](C)CCC/C(C)=C\C[C@H](C)/C(C)=C/c1csc(C)n1. The van der Waals surface area contributed by atoms with Crippen LogP contribution in [-0.2, 0) is 4.79 Å². The second-order valence-electron chi connectivity index (χ2n) is 11.3. The number of aromatic nitrogens is 1. The van der Waals surface area contributed by atoms with Crippen LogP contribution >= 0.6 is 23.1 Å². The van der Waals surface area contributed by atoms with Gasteiger partial charge in [0.1, 0.15) is 5.78 Å². The Hall–Kier alpha value is -0.870. The Morgan fingerprint density at radius 1 is 1.15 bits per heavy atom. The summed E-state index contributed by atoms with van der Waals surface area (Å²) in [6.07, 6.45) is 10.2. The summed E-state index contributed by atoms with van der Waals surface area (Å²) in [4.78, 5) is 16.1. The lowest BCUT2D eigenvalue weighted by molar-refractivity contribution is -0.117. The summed E-state index contributed by atoms with van der Waals surface area (Å²) < 4.78 is 0.125. The third kappa shape index (κ3) is 11.2. The summed E-state index contributed by atoms with van der Waals surface area (Å²) in [5.74, 6) is 2.62. The number of ketones is 1. The molecule has 2 nitrogen and oxygen atoms in total. The molecule has 0 saturated heterocycles. The summed E-state index contributed by atoms with van der Waals surface area (Å²) in [7, 11) is 0. The topological polar surface area (TPSA) is 30.0 Å². The van der Waals surface area contributed by atoms with Crippen LogP contribution in [0.15, 0.2) is 22.6 Å². The molecule has 1 heterocycles. The fourth-order valence-electron chi connectivity index (χ4n) is 4.30. The zero-order chi connectivity index (χ0) is 26.1. The number of nitrogens with zero attached hydrogens (tertiary/aromatic N) is 1. The molecule has 1 aromatic heterocycles. The van der Waals surface area contributed by atoms with E-state index >= 15 is 0 Å². The van der Waals surface area contributed by atoms with Crippen molar-refractivity contribution in [2.24, 2.45) is 23.7 Å². The molecule has 0 aliphatic carbocycles. The van der Waals surface area contributed by atoms with E-state index in [4.69, 9.17) is 0 Å². The van der Waals surface area contributed by atoms with Crippen molar-refractivity contribution in [1.29, 1.82) is 0 Å². The predicted molar refractivity (Wildman–Crippen MR) is 156 cm³/mol. The summed E-state index contributed by atoms with van der Waals surface area (Å²) >= 11 is 3.79. The van der Waals surface area contributed by atoms with Crippen LogP contribution in [0.2, 0.25) is 0 Å². The Bertz CT molecular complexity index is 820. The highest BCUT2D eigenvalue weighted by molar-refractivity contribution is 8.01. The summed E-state index contributed by atoms with van der Waals surface area (Å²) in [5.41, 5.74) is 4.02. The van der Waals surface area contributed by atoms with Gasteiger partial charge in [0.25, 0.3) is 0 Å². The number of hydrogen-bond acceptors (Lipinski definition) is 4. The lowest BCUT2D eigenvalue weighted by Gasteiger charge is -2.37. The van der Waals surface area contributed by atoms with Crippen molar-refractivity contribution in [1.82, 2.24) is 4.98 Å². The van der Waals surface area contributed by atoms with Gasteiger partial charge in [0.15, 0.2) is 0 Å². The van der Waals surface area contributed by atoms with Crippen LogP contribution in [0.1, 0.15) is 112 Å². The van der Waals surface area contributed by atoms with Crippen molar-refractivity contribution in [3.05, 3.63) is 33.3 Å². The normalized spacial score (nSPS) is 17.9. The number of aryl methyl sites for hydroxylation is 1. The van der Waals surface area contributed by atoms with Gasteiger partial charge in [0, 0.05) is 21.8 Å². The molecule has 4 heteroatoms. The van der Waals surface area contributed by atoms with Crippen LogP contribution in [0.3, 0.4) is 0 Å². The Morgan fingerprint density at radius 3 is 2.35 bits per heavy atom. The van der Waals surface area contributed by atoms with Crippen LogP contribution in [0.5, 0.6) is 0 Å². The number of carbonyl (C=O) groups excluding carboxylic acids is 1. The molecular weight excluding hydrogens is 454 g/mol. The zero-order valence-electron chi connectivity index (χ0n) is 23.8. The minimum absolute atomic E-state index is 0.125. The highest BCUT2D eigenvalue weighted by atomic mass is 32.2. The number of thioether (sulfide) groups is 1. The molecule has 34 heavy (non-hydrogen) atoms. The molecule has 194 valence electrons. The molecule has 1 aromatic rings. The number of rotatable bonds is 15. The zero-order valence-corrected chi connectivity index (χ0v) is 25.5. The van der Waals surface area contributed by atoms with Gasteiger partial charge in [0.2, 0.25) is 0 Å². The summed E-state index contributed by atoms with van der Waals surface area (Å²) in [5, 5.41) is 3.86. The molecule has 0 saturated carbocycles. The van der Waals surface area contributed by atoms with Crippen molar-refractivity contribution in [3.8, 4) is 0 Å². The molecule has 0 amide bonds. The number of hydrogen-bond donors (Lipinski definition) is 0. The lowest BCUT2D eigenvalue weighted by atomic mass is 9.88. The van der Waals surface area contributed by atoms with Gasteiger partial charge in [-0.2, -0.15) is 11.8 Å². The first-order valence-electron chi connectivity index (χ1n) is 13.2. The van der Waals surface area contributed by atoms with Gasteiger partial charge in [0.05, 0.1) is 10.7 Å². The molecule has 0 fully saturated rings. The quantitative estimate of drug-likeness (QED) is 0.222. The summed E-state index contributed by atoms with van der Waals surface area (Å²) in [6, 6.07) is 0. The van der Waals surface area contributed by atoms with E-state index in [-0.39, 0.29) is 4.75 Å². The minimum Gasteiger partial charge on any atom is -0.300 e. The molecule has 1 rings (SSSR count). The summed E-state index contributed by atoms with van der Waals surface area (Å²) in [6.45, 7) is 24.7. The Labute approximate surface area is 219 Å². The third-order valence-electron chi connectivity index (χ3n) is 7.75. The van der Waals surface area contributed by atoms with Crippen LogP contribution in [-0.4, -0.2) is 20.8 Å². The average Bonchev–Trinajstić information content (AvgIpc) is 3.14. The smallest absolute Gasteiger partial charge is 0.130 e. The van der Waals surface area contributed by atoms with Gasteiger partial charge in [-0.3, -0.25) is 0 Å². The van der Waals surface area contributed by atoms with Gasteiger partial charge in [-0.05, 0) is 76.7 Å². The van der Waals surface area contributed by atoms with Crippen molar-refractivity contribution in [2.75, 3.05) is 0 Å². The molecule has 0 bridgehead atoms. The number of Topliss-reactive ketones (excluding diaryl/α,β-unsaturated/α-hetero) is 1. The largest absolute Gasteiger partial charge is 0.300 e. The first kappa shape index (κ1) is 31.2. The molecule has 0 N–H and O–H groups in total. The molecule has 0 aliphatic rings. The van der Waals surface area contributed by atoms with E-state index in [0.29, 0.717) is 41.1 Å². The highest BCUT2D eigenvalue weighted by Crippen LogP contribution is 2.41. The minimum atomic E-state index is 0.125. The van der Waals surface area contributed by atoms with Gasteiger partial charge in [-0.1, -0.05) is 72.1 Å². The van der Waals surface area contributed by atoms with Crippen LogP contribution in [0.25, 0.3) is 6.08 Å². The van der Waals surface area contributed by atoms with Gasteiger partial charge in [-0.25, -0.2) is 4.98 Å². The van der Waals surface area contributed by atoms with Gasteiger partial charge < -0.3 is 4.79 Å². The van der Waals surface area contributed by atoms with Crippen molar-refractivity contribution < 1.29 is 4.79 Å². The van der Waals surface area contributed by atoms with E-state index in [9.17, 15) is 4.79 Å². The maximum atomic E-state index is 11.6. The van der Waals surface area contributed by atoms with E-state index in [1.807, 2.05) is 0 Å². The second kappa shape index (κ2) is 14.6. The second-order valence-corrected chi connectivity index (χ2v) is 14.4. The van der Waals surface area contributed by atoms with Gasteiger partial charge >= 0.3 is 0 Å². The molecule has 0 spiro atoms. The molecule has 0 radical (unpaired) electrons. The molecule has 0 aromatic carbocycles. The van der Waals surface area contributed by atoms with Crippen LogP contribution in [0, 0.1) is 30.6 Å². The average molecular weight is 506 g/mol. The molecule has 5 atom stereocenters. The maximum absolute atomic E-state index is 11.6. The van der Waals surface area contributed by atoms with Gasteiger partial charge in [-0.15, -0.1) is 11.3 Å². The Kier molecular flexibility index (Phi) is 13.4. The highest BCUT2D eigenvalue weighted by Gasteiger charge is 2.32. The van der Waals surface area contributed by atoms with E-state index in [1.54, 1.807) is 18.3 Å². The van der Waals surface area contributed by atoms with E-state index in [1.165, 1.54) is 30.4 Å². The lowest BCUT2D eigenvalue weighted by Crippen LogP contribution is -2.32. The third-order valence-corrected chi connectivity index (χ3v) is 10.4. The first-order chi connectivity index (χ1) is 15.7. The Balaban J connectivity index is 2.46. The van der Waals surface area contributed by atoms with Crippen LogP contribution < -0.4 is 0 Å². The van der Waals surface area contributed by atoms with Crippen molar-refractivity contribution in [2.45, 2.75) is 118 Å². The van der Waals surface area contributed by atoms with E-state index in [2.05, 4.69) is 104 Å². The van der Waals surface area contributed by atoms with Crippen LogP contribution in [0.4, 0.5) is 0 Å². The monoisotopic (exact) mass is 505 g/mol. The fraction of sp³-hybridized carbons (Fsp3) is 0.733. The van der Waals surface area contributed by atoms with E-state index in [0.717, 1.165) is 17.1 Å². The standard InChI is InChI=1S/C30H51NOS2/c1-20(15-16-21(2)23(4)17-29-19-33-28(9)31-29)13-12-14-22(3)26(7)27(8)34-30(10,11)24(5)18-25(6)32/h15,17,19,21-22,24,26-27H,12-14,16,18H2,1-11H3/b20-15-,23-17+/t21-,22-,24-,26-,27+/m0/s1. The first-order valence-corrected chi connectivity index (χ1v) is 14.9. The van der Waals surface area contributed by atoms with Crippen molar-refractivity contribution in [3.63, 3.8) is 0 Å². The predicted octanol–water partition coefficient (Wildman–Crippen LogP) is 9.79. The number of allylic oxidation sites excluding steroid dienone is 3. The maximum Gasteiger partial charge on any atom is 0.130 e. The number of thiazole rings is 1. The molecule has 0 aliphatic heterocycles. The number of carbonyl (C=O) groups is 1. The van der Waals surface area contributed by atoms with E-state index < -0.39 is 0 Å².